The number of thiazole rings is 1. The zero-order valence-corrected chi connectivity index (χ0v) is 25.0. The summed E-state index contributed by atoms with van der Waals surface area (Å²) in [6, 6.07) is 0. The number of primary amides is 1. The molecule has 0 aliphatic carbocycles. The van der Waals surface area contributed by atoms with Crippen LogP contribution >= 0.6 is 27.0 Å². The van der Waals surface area contributed by atoms with Gasteiger partial charge in [0.15, 0.2) is 17.7 Å². The number of hydrogen-bond donors (Lipinski definition) is 8. The summed E-state index contributed by atoms with van der Waals surface area (Å²) < 4.78 is 50.7. The number of nitrogens with two attached hydrogens (primary N) is 2. The van der Waals surface area contributed by atoms with Gasteiger partial charge in [0.1, 0.15) is 58.9 Å². The third-order valence-corrected chi connectivity index (χ3v) is 10.1. The van der Waals surface area contributed by atoms with Crippen LogP contribution in [-0.2, 0) is 32.0 Å². The number of phosphoric acid groups is 2. The van der Waals surface area contributed by atoms with Crippen molar-refractivity contribution in [3.8, 4) is 12.3 Å². The fourth-order valence-corrected chi connectivity index (χ4v) is 7.39. The highest BCUT2D eigenvalue weighted by Gasteiger charge is 2.48. The van der Waals surface area contributed by atoms with E-state index in [9.17, 15) is 44.1 Å². The Balaban J connectivity index is 1.17. The molecule has 0 aromatic carbocycles. The zero-order valence-electron chi connectivity index (χ0n) is 22.4. The van der Waals surface area contributed by atoms with Crippen molar-refractivity contribution in [1.29, 1.82) is 0 Å². The van der Waals surface area contributed by atoms with Gasteiger partial charge in [0.25, 0.3) is 5.91 Å². The smallest absolute Gasteiger partial charge is 0.387 e. The first-order valence-corrected chi connectivity index (χ1v) is 16.4. The van der Waals surface area contributed by atoms with Gasteiger partial charge in [0, 0.05) is 5.38 Å². The third-order valence-electron chi connectivity index (χ3n) is 6.58. The van der Waals surface area contributed by atoms with E-state index in [0.29, 0.717) is 0 Å². The van der Waals surface area contributed by atoms with Crippen molar-refractivity contribution < 1.29 is 67.0 Å². The Labute approximate surface area is 255 Å². The molecular weight excluding hydrogens is 668 g/mol. The average Bonchev–Trinajstić information content (AvgIpc) is 3.74. The maximum Gasteiger partial charge on any atom is 0.481 e. The van der Waals surface area contributed by atoms with Crippen LogP contribution < -0.4 is 11.5 Å². The van der Waals surface area contributed by atoms with Gasteiger partial charge in [-0.05, 0) is 5.92 Å². The molecule has 45 heavy (non-hydrogen) atoms. The molecule has 5 heterocycles. The molecule has 2 aliphatic rings. The Bertz CT molecular complexity index is 1730. The summed E-state index contributed by atoms with van der Waals surface area (Å²) in [5.41, 5.74) is 11.0. The molecule has 0 saturated carbocycles. The van der Waals surface area contributed by atoms with Crippen LogP contribution in [0.5, 0.6) is 0 Å². The SMILES string of the molecule is C#Cc1nc(N)c2ncn([C@@H]3O[C@H](COP(=O)(O)OP(=O)(O)OC[C@H]4O[C@@H](c5nc(C(N)=O)cs5)[C@H](O)[C@@H]4O)[C@@H](O)[C@H]3O)c2n1. The topological polar surface area (TPSA) is 327 Å². The summed E-state index contributed by atoms with van der Waals surface area (Å²) in [5.74, 6) is 1.22. The number of imidazole rings is 1. The molecule has 10 N–H and O–H groups in total. The van der Waals surface area contributed by atoms with Crippen LogP contribution in [0, 0.1) is 12.3 Å². The molecule has 24 heteroatoms. The van der Waals surface area contributed by atoms with Crippen LogP contribution in [0.15, 0.2) is 11.7 Å². The Morgan fingerprint density at radius 2 is 1.64 bits per heavy atom. The monoisotopic (exact) mass is 693 g/mol. The summed E-state index contributed by atoms with van der Waals surface area (Å²) in [4.78, 5) is 47.2. The minimum atomic E-state index is -5.40. The van der Waals surface area contributed by atoms with Crippen LogP contribution in [0.25, 0.3) is 11.2 Å². The second-order valence-corrected chi connectivity index (χ2v) is 13.5. The highest BCUT2D eigenvalue weighted by Crippen LogP contribution is 2.61. The number of aliphatic hydroxyl groups excluding tert-OH is 4. The van der Waals surface area contributed by atoms with Gasteiger partial charge >= 0.3 is 15.6 Å². The van der Waals surface area contributed by atoms with Crippen molar-refractivity contribution in [3.05, 3.63) is 28.2 Å². The van der Waals surface area contributed by atoms with Crippen molar-refractivity contribution in [1.82, 2.24) is 24.5 Å². The van der Waals surface area contributed by atoms with Gasteiger partial charge in [0.2, 0.25) is 5.82 Å². The molecule has 10 atom stereocenters. The second-order valence-electron chi connectivity index (χ2n) is 9.57. The molecule has 0 radical (unpaired) electrons. The van der Waals surface area contributed by atoms with Gasteiger partial charge in [-0.1, -0.05) is 0 Å². The molecule has 0 spiro atoms. The number of carbonyl (C=O) groups is 1. The van der Waals surface area contributed by atoms with E-state index in [1.807, 2.05) is 0 Å². The summed E-state index contributed by atoms with van der Waals surface area (Å²) >= 11 is 0.902. The lowest BCUT2D eigenvalue weighted by molar-refractivity contribution is -0.0507. The van der Waals surface area contributed by atoms with Crippen LogP contribution in [0.3, 0.4) is 0 Å². The number of fused-ring (bicyclic) bond motifs is 1. The van der Waals surface area contributed by atoms with Gasteiger partial charge in [0.05, 0.1) is 19.5 Å². The van der Waals surface area contributed by atoms with E-state index >= 15 is 0 Å². The number of aromatic nitrogens is 5. The summed E-state index contributed by atoms with van der Waals surface area (Å²) in [6.07, 6.45) is -5.60. The number of anilines is 1. The van der Waals surface area contributed by atoms with Gasteiger partial charge in [-0.2, -0.15) is 4.31 Å². The van der Waals surface area contributed by atoms with Gasteiger partial charge < -0.3 is 51.2 Å². The lowest BCUT2D eigenvalue weighted by Crippen LogP contribution is -2.33. The van der Waals surface area contributed by atoms with E-state index in [1.54, 1.807) is 0 Å². The number of phosphoric ester groups is 2. The fraction of sp³-hybridized carbons (Fsp3) is 0.476. The molecule has 0 bridgehead atoms. The number of hydrogen-bond acceptors (Lipinski definition) is 18. The highest BCUT2D eigenvalue weighted by molar-refractivity contribution is 7.61. The molecule has 3 aromatic heterocycles. The van der Waals surface area contributed by atoms with E-state index in [0.717, 1.165) is 11.3 Å². The van der Waals surface area contributed by atoms with E-state index in [-0.39, 0.29) is 33.5 Å². The predicted octanol–water partition coefficient (Wildman–Crippen LogP) is -2.32. The molecule has 2 saturated heterocycles. The molecule has 21 nitrogen and oxygen atoms in total. The third kappa shape index (κ3) is 6.92. The first kappa shape index (κ1) is 33.4. The van der Waals surface area contributed by atoms with E-state index in [2.05, 4.69) is 34.7 Å². The van der Waals surface area contributed by atoms with Crippen LogP contribution in [0.2, 0.25) is 0 Å². The minimum absolute atomic E-state index is 0.0556. The van der Waals surface area contributed by atoms with Crippen molar-refractivity contribution in [3.63, 3.8) is 0 Å². The molecule has 3 aromatic rings. The molecule has 1 amide bonds. The summed E-state index contributed by atoms with van der Waals surface area (Å²) in [5, 5.41) is 43.0. The van der Waals surface area contributed by atoms with Gasteiger partial charge in [-0.15, -0.1) is 17.8 Å². The number of nitrogen functional groups attached to an aromatic ring is 1. The second kappa shape index (κ2) is 12.7. The largest absolute Gasteiger partial charge is 0.481 e. The van der Waals surface area contributed by atoms with Crippen LogP contribution in [0.4, 0.5) is 5.82 Å². The van der Waals surface area contributed by atoms with Crippen molar-refractivity contribution in [2.75, 3.05) is 18.9 Å². The van der Waals surface area contributed by atoms with Gasteiger partial charge in [-0.25, -0.2) is 29.1 Å². The summed E-state index contributed by atoms with van der Waals surface area (Å²) in [7, 11) is -10.8. The highest BCUT2D eigenvalue weighted by atomic mass is 32.1. The van der Waals surface area contributed by atoms with E-state index in [4.69, 9.17) is 31.9 Å². The number of amides is 1. The number of nitrogens with zero attached hydrogens (tertiary/aromatic N) is 5. The van der Waals surface area contributed by atoms with Crippen molar-refractivity contribution >= 4 is 49.9 Å². The Morgan fingerprint density at radius 3 is 2.24 bits per heavy atom. The number of rotatable bonds is 11. The Morgan fingerprint density at radius 1 is 1.02 bits per heavy atom. The Hall–Kier alpha value is -2.97. The number of aliphatic hydroxyl groups is 4. The molecule has 2 fully saturated rings. The number of ether oxygens (including phenoxy) is 2. The first-order valence-electron chi connectivity index (χ1n) is 12.5. The normalized spacial score (nSPS) is 31.0. The molecule has 2 unspecified atom stereocenters. The zero-order chi connectivity index (χ0) is 32.8. The molecule has 244 valence electrons. The Kier molecular flexibility index (Phi) is 9.40. The van der Waals surface area contributed by atoms with Crippen molar-refractivity contribution in [2.24, 2.45) is 5.73 Å². The lowest BCUT2D eigenvalue weighted by atomic mass is 10.1. The predicted molar refractivity (Wildman–Crippen MR) is 146 cm³/mol. The quantitative estimate of drug-likeness (QED) is 0.0771. The first-order chi connectivity index (χ1) is 21.1. The lowest BCUT2D eigenvalue weighted by Gasteiger charge is -2.20. The van der Waals surface area contributed by atoms with Crippen LogP contribution in [-0.4, -0.2) is 110 Å². The minimum Gasteiger partial charge on any atom is -0.387 e. The fourth-order valence-electron chi connectivity index (χ4n) is 4.42. The molecule has 5 rings (SSSR count). The number of carbonyl (C=O) groups excluding carboxylic acids is 1. The average molecular weight is 693 g/mol. The van der Waals surface area contributed by atoms with E-state index < -0.39 is 83.7 Å². The van der Waals surface area contributed by atoms with Crippen LogP contribution in [0.1, 0.15) is 33.7 Å². The molecule has 2 aliphatic heterocycles. The maximum absolute atomic E-state index is 12.4. The summed E-state index contributed by atoms with van der Waals surface area (Å²) in [6.45, 7) is -1.84. The van der Waals surface area contributed by atoms with Crippen molar-refractivity contribution in [2.45, 2.75) is 49.0 Å². The van der Waals surface area contributed by atoms with Gasteiger partial charge in [-0.3, -0.25) is 18.4 Å². The maximum atomic E-state index is 12.4. The molecular formula is C21H25N7O14P2S. The standard InChI is InChI=1S/C21H25N7O14P2S/c1-2-10-26-17(22)11-19(27-10)28(6-24-11)21-15(32)13(30)9(41-21)4-39-44(36,37)42-43(34,35)38-3-8-12(29)14(31)16(40-8)20-25-7(5-45-20)18(23)33/h1,5-6,8-9,12-16,21,29-32H,3-4H2,(H2,23,33)(H,34,35)(H,36,37)(H2,22,26,27)/t8-,9-,12-,13-,14-,15-,16-,21-/m1/s1. The number of terminal acetylenes is 1. The van der Waals surface area contributed by atoms with E-state index in [1.165, 1.54) is 16.3 Å².